The number of hydrogen-bond acceptors (Lipinski definition) is 5. The highest BCUT2D eigenvalue weighted by molar-refractivity contribution is 7.09. The second-order valence-corrected chi connectivity index (χ2v) is 5.97. The predicted octanol–water partition coefficient (Wildman–Crippen LogP) is 3.62. The van der Waals surface area contributed by atoms with E-state index in [1.807, 2.05) is 42.5 Å². The van der Waals surface area contributed by atoms with Crippen molar-refractivity contribution in [3.8, 4) is 17.1 Å². The zero-order chi connectivity index (χ0) is 14.8. The molecule has 1 aliphatic heterocycles. The first-order chi connectivity index (χ1) is 10.9. The standard InChI is InChI=1S/C17H15N3OS/c1-2-6-12(7-3-1)16-19-17(22-20-16)18-11-14-10-13-8-4-5-9-15(13)21-14/h1-9,14H,10-11H2,(H,18,19,20). The van der Waals surface area contributed by atoms with Crippen molar-refractivity contribution in [2.24, 2.45) is 0 Å². The second-order valence-electron chi connectivity index (χ2n) is 5.22. The van der Waals surface area contributed by atoms with Crippen molar-refractivity contribution in [2.45, 2.75) is 12.5 Å². The predicted molar refractivity (Wildman–Crippen MR) is 88.4 cm³/mol. The summed E-state index contributed by atoms with van der Waals surface area (Å²) in [6, 6.07) is 18.2. The van der Waals surface area contributed by atoms with Gasteiger partial charge in [0.15, 0.2) is 5.82 Å². The van der Waals surface area contributed by atoms with E-state index in [4.69, 9.17) is 4.74 Å². The Morgan fingerprint density at radius 3 is 2.77 bits per heavy atom. The Kier molecular flexibility index (Phi) is 3.48. The Morgan fingerprint density at radius 1 is 1.09 bits per heavy atom. The number of aromatic nitrogens is 2. The lowest BCUT2D eigenvalue weighted by atomic mass is 10.1. The van der Waals surface area contributed by atoms with E-state index in [1.54, 1.807) is 0 Å². The van der Waals surface area contributed by atoms with Gasteiger partial charge < -0.3 is 10.1 Å². The summed E-state index contributed by atoms with van der Waals surface area (Å²) < 4.78 is 10.3. The van der Waals surface area contributed by atoms with E-state index in [0.29, 0.717) is 0 Å². The summed E-state index contributed by atoms with van der Waals surface area (Å²) in [5, 5.41) is 4.16. The molecule has 0 bridgehead atoms. The van der Waals surface area contributed by atoms with E-state index < -0.39 is 0 Å². The van der Waals surface area contributed by atoms with Crippen LogP contribution in [0.5, 0.6) is 5.75 Å². The molecule has 0 aliphatic carbocycles. The van der Waals surface area contributed by atoms with E-state index in [-0.39, 0.29) is 6.10 Å². The fraction of sp³-hybridized carbons (Fsp3) is 0.176. The molecule has 5 heteroatoms. The maximum absolute atomic E-state index is 5.91. The van der Waals surface area contributed by atoms with E-state index in [2.05, 4.69) is 26.8 Å². The van der Waals surface area contributed by atoms with Crippen LogP contribution in [-0.2, 0) is 6.42 Å². The number of ether oxygens (including phenoxy) is 1. The summed E-state index contributed by atoms with van der Waals surface area (Å²) in [6.45, 7) is 0.734. The smallest absolute Gasteiger partial charge is 0.203 e. The number of fused-ring (bicyclic) bond motifs is 1. The molecule has 1 aromatic heterocycles. The molecule has 22 heavy (non-hydrogen) atoms. The van der Waals surface area contributed by atoms with Crippen LogP contribution in [0.15, 0.2) is 54.6 Å². The van der Waals surface area contributed by atoms with E-state index in [9.17, 15) is 0 Å². The highest BCUT2D eigenvalue weighted by atomic mass is 32.1. The highest BCUT2D eigenvalue weighted by Gasteiger charge is 2.22. The van der Waals surface area contributed by atoms with Gasteiger partial charge in [-0.15, -0.1) is 0 Å². The first-order valence-electron chi connectivity index (χ1n) is 7.26. The number of nitrogens with zero attached hydrogens (tertiary/aromatic N) is 2. The highest BCUT2D eigenvalue weighted by Crippen LogP contribution is 2.28. The first-order valence-corrected chi connectivity index (χ1v) is 8.03. The van der Waals surface area contributed by atoms with Crippen LogP contribution in [0, 0.1) is 0 Å². The summed E-state index contributed by atoms with van der Waals surface area (Å²) in [7, 11) is 0. The normalized spacial score (nSPS) is 16.1. The SMILES string of the molecule is c1ccc(-c2nsc(NCC3Cc4ccccc4O3)n2)cc1. The molecular formula is C17H15N3OS. The van der Waals surface area contributed by atoms with Gasteiger partial charge in [-0.05, 0) is 11.6 Å². The van der Waals surface area contributed by atoms with Crippen molar-refractivity contribution >= 4 is 16.7 Å². The largest absolute Gasteiger partial charge is 0.488 e. The molecule has 4 rings (SSSR count). The third-order valence-electron chi connectivity index (χ3n) is 3.65. The molecule has 2 heterocycles. The molecular weight excluding hydrogens is 294 g/mol. The zero-order valence-corrected chi connectivity index (χ0v) is 12.7. The van der Waals surface area contributed by atoms with Crippen molar-refractivity contribution in [3.05, 3.63) is 60.2 Å². The summed E-state index contributed by atoms with van der Waals surface area (Å²) >= 11 is 1.38. The molecule has 4 nitrogen and oxygen atoms in total. The van der Waals surface area contributed by atoms with Gasteiger partial charge in [0.2, 0.25) is 5.13 Å². The number of rotatable bonds is 4. The fourth-order valence-electron chi connectivity index (χ4n) is 2.57. The molecule has 110 valence electrons. The molecule has 1 aliphatic rings. The van der Waals surface area contributed by atoms with Gasteiger partial charge in [0.1, 0.15) is 11.9 Å². The minimum Gasteiger partial charge on any atom is -0.488 e. The van der Waals surface area contributed by atoms with Crippen LogP contribution in [0.1, 0.15) is 5.56 Å². The van der Waals surface area contributed by atoms with Crippen molar-refractivity contribution in [1.29, 1.82) is 0 Å². The molecule has 0 amide bonds. The Bertz CT molecular complexity index is 747. The van der Waals surface area contributed by atoms with Gasteiger partial charge in [-0.2, -0.15) is 9.36 Å². The zero-order valence-electron chi connectivity index (χ0n) is 11.9. The number of nitrogens with one attached hydrogen (secondary N) is 1. The molecule has 1 atom stereocenters. The third-order valence-corrected chi connectivity index (χ3v) is 4.33. The van der Waals surface area contributed by atoms with Crippen LogP contribution in [0.3, 0.4) is 0 Å². The summed E-state index contributed by atoms with van der Waals surface area (Å²) in [4.78, 5) is 4.53. The molecule has 3 aromatic rings. The average molecular weight is 309 g/mol. The summed E-state index contributed by atoms with van der Waals surface area (Å²) in [5.41, 5.74) is 2.31. The Morgan fingerprint density at radius 2 is 1.91 bits per heavy atom. The summed E-state index contributed by atoms with van der Waals surface area (Å²) in [5.74, 6) is 1.76. The molecule has 0 saturated carbocycles. The van der Waals surface area contributed by atoms with Crippen molar-refractivity contribution < 1.29 is 4.74 Å². The monoisotopic (exact) mass is 309 g/mol. The number of hydrogen-bond donors (Lipinski definition) is 1. The van der Waals surface area contributed by atoms with E-state index in [1.165, 1.54) is 17.1 Å². The third kappa shape index (κ3) is 2.67. The van der Waals surface area contributed by atoms with Crippen LogP contribution in [-0.4, -0.2) is 22.0 Å². The first kappa shape index (κ1) is 13.3. The molecule has 0 radical (unpaired) electrons. The van der Waals surface area contributed by atoms with Crippen molar-refractivity contribution in [1.82, 2.24) is 9.36 Å². The Hall–Kier alpha value is -2.40. The molecule has 0 spiro atoms. The van der Waals surface area contributed by atoms with Crippen LogP contribution >= 0.6 is 11.5 Å². The number of benzene rings is 2. The lowest BCUT2D eigenvalue weighted by Crippen LogP contribution is -2.23. The average Bonchev–Trinajstić information content (AvgIpc) is 3.20. The van der Waals surface area contributed by atoms with E-state index in [0.717, 1.165) is 35.2 Å². The number of anilines is 1. The Labute approximate surface area is 133 Å². The lowest BCUT2D eigenvalue weighted by Gasteiger charge is -2.10. The van der Waals surface area contributed by atoms with Gasteiger partial charge in [0, 0.05) is 23.5 Å². The molecule has 2 aromatic carbocycles. The molecule has 1 N–H and O–H groups in total. The van der Waals surface area contributed by atoms with Crippen LogP contribution in [0.4, 0.5) is 5.13 Å². The van der Waals surface area contributed by atoms with Crippen LogP contribution in [0.2, 0.25) is 0 Å². The lowest BCUT2D eigenvalue weighted by molar-refractivity contribution is 0.246. The van der Waals surface area contributed by atoms with Crippen LogP contribution < -0.4 is 10.1 Å². The quantitative estimate of drug-likeness (QED) is 0.799. The minimum atomic E-state index is 0.154. The van der Waals surface area contributed by atoms with Crippen molar-refractivity contribution in [2.75, 3.05) is 11.9 Å². The van der Waals surface area contributed by atoms with Gasteiger partial charge in [-0.3, -0.25) is 0 Å². The van der Waals surface area contributed by atoms with Crippen LogP contribution in [0.25, 0.3) is 11.4 Å². The minimum absolute atomic E-state index is 0.154. The van der Waals surface area contributed by atoms with Gasteiger partial charge in [-0.25, -0.2) is 0 Å². The Balaban J connectivity index is 1.39. The van der Waals surface area contributed by atoms with Gasteiger partial charge >= 0.3 is 0 Å². The maximum atomic E-state index is 5.91. The number of para-hydroxylation sites is 1. The molecule has 0 saturated heterocycles. The van der Waals surface area contributed by atoms with Gasteiger partial charge in [0.05, 0.1) is 6.54 Å². The summed E-state index contributed by atoms with van der Waals surface area (Å²) in [6.07, 6.45) is 1.09. The van der Waals surface area contributed by atoms with E-state index >= 15 is 0 Å². The maximum Gasteiger partial charge on any atom is 0.203 e. The molecule has 0 fully saturated rings. The topological polar surface area (TPSA) is 47.0 Å². The second kappa shape index (κ2) is 5.77. The van der Waals surface area contributed by atoms with Gasteiger partial charge in [0.25, 0.3) is 0 Å². The molecule has 1 unspecified atom stereocenters. The fourth-order valence-corrected chi connectivity index (χ4v) is 3.16. The van der Waals surface area contributed by atoms with Gasteiger partial charge in [-0.1, -0.05) is 48.5 Å². The van der Waals surface area contributed by atoms with Crippen molar-refractivity contribution in [3.63, 3.8) is 0 Å².